The van der Waals surface area contributed by atoms with Crippen LogP contribution in [0, 0.1) is 5.82 Å². The molecule has 1 atom stereocenters. The number of likely N-dealkylation sites (N-methyl/N-ethyl adjacent to an activating group) is 1. The van der Waals surface area contributed by atoms with Crippen molar-refractivity contribution in [2.45, 2.75) is 12.5 Å². The van der Waals surface area contributed by atoms with Crippen LogP contribution in [0.3, 0.4) is 0 Å². The second-order valence-electron chi connectivity index (χ2n) is 4.34. The minimum atomic E-state index is -0.295. The smallest absolute Gasteiger partial charge is 0.126 e. The summed E-state index contributed by atoms with van der Waals surface area (Å²) in [6.45, 7) is 2.92. The average Bonchev–Trinajstić information content (AvgIpc) is 2.26. The zero-order chi connectivity index (χ0) is 12.2. The van der Waals surface area contributed by atoms with Gasteiger partial charge in [0, 0.05) is 12.6 Å². The van der Waals surface area contributed by atoms with E-state index in [1.165, 1.54) is 12.1 Å². The van der Waals surface area contributed by atoms with Crippen LogP contribution in [0.1, 0.15) is 6.92 Å². The van der Waals surface area contributed by atoms with Gasteiger partial charge >= 0.3 is 0 Å². The van der Waals surface area contributed by atoms with Crippen LogP contribution in [0.15, 0.2) is 24.3 Å². The van der Waals surface area contributed by atoms with Gasteiger partial charge in [-0.05, 0) is 33.2 Å². The molecule has 0 spiro atoms. The zero-order valence-corrected chi connectivity index (χ0v) is 10.0. The topological polar surface area (TPSA) is 38.5 Å². The SMILES string of the molecule is CN(C)C(C)(CN)COc1cccc(F)c1. The fourth-order valence-corrected chi connectivity index (χ4v) is 1.17. The molecule has 1 unspecified atom stereocenters. The van der Waals surface area contributed by atoms with Crippen molar-refractivity contribution >= 4 is 0 Å². The number of rotatable bonds is 5. The number of nitrogens with zero attached hydrogens (tertiary/aromatic N) is 1. The van der Waals surface area contributed by atoms with Gasteiger partial charge in [-0.25, -0.2) is 4.39 Å². The van der Waals surface area contributed by atoms with Gasteiger partial charge in [0.1, 0.15) is 18.2 Å². The fourth-order valence-electron chi connectivity index (χ4n) is 1.17. The lowest BCUT2D eigenvalue weighted by Gasteiger charge is -2.34. The van der Waals surface area contributed by atoms with Crippen molar-refractivity contribution in [3.8, 4) is 5.75 Å². The predicted molar refractivity (Wildman–Crippen MR) is 63.0 cm³/mol. The van der Waals surface area contributed by atoms with E-state index in [0.717, 1.165) is 0 Å². The summed E-state index contributed by atoms with van der Waals surface area (Å²) in [5.41, 5.74) is 5.46. The zero-order valence-electron chi connectivity index (χ0n) is 10.0. The predicted octanol–water partition coefficient (Wildman–Crippen LogP) is 1.48. The highest BCUT2D eigenvalue weighted by molar-refractivity contribution is 5.22. The highest BCUT2D eigenvalue weighted by atomic mass is 19.1. The van der Waals surface area contributed by atoms with Gasteiger partial charge in [0.25, 0.3) is 0 Å². The summed E-state index contributed by atoms with van der Waals surface area (Å²) in [6, 6.07) is 6.11. The number of halogens is 1. The van der Waals surface area contributed by atoms with Crippen LogP contribution in [0.5, 0.6) is 5.75 Å². The first-order valence-corrected chi connectivity index (χ1v) is 5.24. The summed E-state index contributed by atoms with van der Waals surface area (Å²) in [7, 11) is 3.89. The normalized spacial score (nSPS) is 14.9. The van der Waals surface area contributed by atoms with E-state index in [1.54, 1.807) is 12.1 Å². The van der Waals surface area contributed by atoms with E-state index < -0.39 is 0 Å². The molecule has 2 N–H and O–H groups in total. The standard InChI is InChI=1S/C12H19FN2O/c1-12(8-14,15(2)3)9-16-11-6-4-5-10(13)7-11/h4-7H,8-9,14H2,1-3H3. The molecular formula is C12H19FN2O. The van der Waals surface area contributed by atoms with Crippen LogP contribution in [0.25, 0.3) is 0 Å². The van der Waals surface area contributed by atoms with Gasteiger partial charge in [0.05, 0.1) is 5.54 Å². The Kier molecular flexibility index (Phi) is 4.26. The Morgan fingerprint density at radius 1 is 1.44 bits per heavy atom. The Morgan fingerprint density at radius 3 is 2.62 bits per heavy atom. The molecule has 1 aromatic rings. The third-order valence-electron chi connectivity index (χ3n) is 2.87. The molecule has 0 aliphatic heterocycles. The Morgan fingerprint density at radius 2 is 2.12 bits per heavy atom. The molecule has 0 saturated heterocycles. The molecule has 4 heteroatoms. The summed E-state index contributed by atoms with van der Waals surface area (Å²) in [6.07, 6.45) is 0. The van der Waals surface area contributed by atoms with Gasteiger partial charge < -0.3 is 10.5 Å². The summed E-state index contributed by atoms with van der Waals surface area (Å²) >= 11 is 0. The maximum Gasteiger partial charge on any atom is 0.126 e. The van der Waals surface area contributed by atoms with Crippen molar-refractivity contribution in [1.29, 1.82) is 0 Å². The molecular weight excluding hydrogens is 207 g/mol. The van der Waals surface area contributed by atoms with E-state index in [1.807, 2.05) is 25.9 Å². The van der Waals surface area contributed by atoms with Gasteiger partial charge in [-0.2, -0.15) is 0 Å². The molecule has 0 bridgehead atoms. The molecule has 1 rings (SSSR count). The summed E-state index contributed by atoms with van der Waals surface area (Å²) in [5, 5.41) is 0. The Balaban J connectivity index is 2.63. The molecule has 1 aromatic carbocycles. The molecule has 0 saturated carbocycles. The minimum absolute atomic E-state index is 0.244. The van der Waals surface area contributed by atoms with Crippen LogP contribution in [-0.4, -0.2) is 37.7 Å². The quantitative estimate of drug-likeness (QED) is 0.826. The molecule has 0 fully saturated rings. The van der Waals surface area contributed by atoms with Crippen molar-refractivity contribution in [2.75, 3.05) is 27.2 Å². The Bertz CT molecular complexity index is 344. The van der Waals surface area contributed by atoms with Crippen molar-refractivity contribution in [1.82, 2.24) is 4.90 Å². The molecule has 16 heavy (non-hydrogen) atoms. The first-order valence-electron chi connectivity index (χ1n) is 5.24. The first-order chi connectivity index (χ1) is 7.48. The molecule has 3 nitrogen and oxygen atoms in total. The highest BCUT2D eigenvalue weighted by Gasteiger charge is 2.26. The summed E-state index contributed by atoms with van der Waals surface area (Å²) in [5.74, 6) is 0.235. The second-order valence-corrected chi connectivity index (χ2v) is 4.34. The van der Waals surface area contributed by atoms with E-state index in [4.69, 9.17) is 10.5 Å². The van der Waals surface area contributed by atoms with E-state index in [9.17, 15) is 4.39 Å². The number of hydrogen-bond donors (Lipinski definition) is 1. The van der Waals surface area contributed by atoms with Crippen LogP contribution in [0.4, 0.5) is 4.39 Å². The van der Waals surface area contributed by atoms with Gasteiger partial charge in [-0.3, -0.25) is 4.90 Å². The molecule has 0 aromatic heterocycles. The molecule has 90 valence electrons. The van der Waals surface area contributed by atoms with Gasteiger partial charge in [0.15, 0.2) is 0 Å². The molecule has 0 radical (unpaired) electrons. The van der Waals surface area contributed by atoms with E-state index in [2.05, 4.69) is 0 Å². The van der Waals surface area contributed by atoms with Crippen molar-refractivity contribution < 1.29 is 9.13 Å². The van der Waals surface area contributed by atoms with Crippen LogP contribution in [-0.2, 0) is 0 Å². The van der Waals surface area contributed by atoms with Gasteiger partial charge in [-0.1, -0.05) is 6.07 Å². The monoisotopic (exact) mass is 226 g/mol. The summed E-state index contributed by atoms with van der Waals surface area (Å²) in [4.78, 5) is 2.01. The lowest BCUT2D eigenvalue weighted by molar-refractivity contribution is 0.104. The highest BCUT2D eigenvalue weighted by Crippen LogP contribution is 2.16. The minimum Gasteiger partial charge on any atom is -0.492 e. The van der Waals surface area contributed by atoms with Crippen molar-refractivity contribution in [3.05, 3.63) is 30.1 Å². The largest absolute Gasteiger partial charge is 0.492 e. The first kappa shape index (κ1) is 12.9. The van der Waals surface area contributed by atoms with Gasteiger partial charge in [0.2, 0.25) is 0 Å². The number of ether oxygens (including phenoxy) is 1. The fraction of sp³-hybridized carbons (Fsp3) is 0.500. The second kappa shape index (κ2) is 5.27. The third kappa shape index (κ3) is 3.18. The number of benzene rings is 1. The van der Waals surface area contributed by atoms with E-state index >= 15 is 0 Å². The molecule has 0 heterocycles. The van der Waals surface area contributed by atoms with Crippen molar-refractivity contribution in [2.24, 2.45) is 5.73 Å². The third-order valence-corrected chi connectivity index (χ3v) is 2.87. The molecule has 0 aliphatic carbocycles. The maximum atomic E-state index is 12.9. The summed E-state index contributed by atoms with van der Waals surface area (Å²) < 4.78 is 18.5. The Hall–Kier alpha value is -1.13. The molecule has 0 amide bonds. The van der Waals surface area contributed by atoms with E-state index in [-0.39, 0.29) is 11.4 Å². The van der Waals surface area contributed by atoms with Crippen LogP contribution < -0.4 is 10.5 Å². The average molecular weight is 226 g/mol. The van der Waals surface area contributed by atoms with E-state index in [0.29, 0.717) is 18.9 Å². The molecule has 0 aliphatic rings. The Labute approximate surface area is 96.0 Å². The lowest BCUT2D eigenvalue weighted by atomic mass is 10.0. The number of hydrogen-bond acceptors (Lipinski definition) is 3. The number of nitrogens with two attached hydrogens (primary N) is 1. The maximum absolute atomic E-state index is 12.9. The van der Waals surface area contributed by atoms with Gasteiger partial charge in [-0.15, -0.1) is 0 Å². The van der Waals surface area contributed by atoms with Crippen LogP contribution >= 0.6 is 0 Å². The lowest BCUT2D eigenvalue weighted by Crippen LogP contribution is -2.52. The van der Waals surface area contributed by atoms with Crippen molar-refractivity contribution in [3.63, 3.8) is 0 Å². The van der Waals surface area contributed by atoms with Crippen LogP contribution in [0.2, 0.25) is 0 Å².